The number of sulfonamides is 1. The fraction of sp³-hybridized carbons (Fsp3) is 0.333. The highest BCUT2D eigenvalue weighted by molar-refractivity contribution is 7.92. The van der Waals surface area contributed by atoms with Crippen LogP contribution in [0.1, 0.15) is 39.7 Å². The van der Waals surface area contributed by atoms with Crippen LogP contribution in [-0.2, 0) is 26.0 Å². The quantitative estimate of drug-likeness (QED) is 0.247. The average Bonchev–Trinajstić information content (AvgIpc) is 2.93. The van der Waals surface area contributed by atoms with Gasteiger partial charge in [0.25, 0.3) is 15.7 Å². The van der Waals surface area contributed by atoms with Gasteiger partial charge in [-0.25, -0.2) is 8.42 Å². The predicted molar refractivity (Wildman–Crippen MR) is 158 cm³/mol. The molecule has 1 atom stereocenters. The van der Waals surface area contributed by atoms with Gasteiger partial charge in [0.1, 0.15) is 12.6 Å². The fourth-order valence-corrected chi connectivity index (χ4v) is 5.79. The highest BCUT2D eigenvalue weighted by atomic mass is 32.2. The summed E-state index contributed by atoms with van der Waals surface area (Å²) in [5.41, 5.74) is 0.0418. The molecule has 0 unspecified atom stereocenters. The molecule has 0 fully saturated rings. The van der Waals surface area contributed by atoms with Crippen LogP contribution < -0.4 is 9.62 Å². The standard InChI is InChI=1S/C30H36N4O6S/c1-5-27(29(36)31-30(2,3)4)32(20-19-23-13-8-6-9-14-23)28(35)22-33(24-15-12-16-25(21-24)34(37)38)41(39,40)26-17-10-7-11-18-26/h6-18,21,27H,5,19-20,22H2,1-4H3,(H,31,36)/t27-/m1/s1. The molecule has 0 aliphatic rings. The summed E-state index contributed by atoms with van der Waals surface area (Å²) in [6, 6.07) is 21.3. The first-order valence-corrected chi connectivity index (χ1v) is 14.7. The SMILES string of the molecule is CC[C@H](C(=O)NC(C)(C)C)N(CCc1ccccc1)C(=O)CN(c1cccc([N+](=O)[O-])c1)S(=O)(=O)c1ccccc1. The number of non-ortho nitro benzene ring substituents is 1. The highest BCUT2D eigenvalue weighted by Crippen LogP contribution is 2.27. The first kappa shape index (κ1) is 31.3. The Morgan fingerprint density at radius 2 is 1.56 bits per heavy atom. The summed E-state index contributed by atoms with van der Waals surface area (Å²) in [5.74, 6) is -0.961. The van der Waals surface area contributed by atoms with Crippen LogP contribution in [0.25, 0.3) is 0 Å². The van der Waals surface area contributed by atoms with Crippen LogP contribution >= 0.6 is 0 Å². The normalized spacial score (nSPS) is 12.3. The molecule has 218 valence electrons. The van der Waals surface area contributed by atoms with Gasteiger partial charge in [0.15, 0.2) is 0 Å². The number of nitrogens with one attached hydrogen (secondary N) is 1. The molecule has 0 heterocycles. The Morgan fingerprint density at radius 1 is 0.951 bits per heavy atom. The molecule has 3 aromatic carbocycles. The minimum atomic E-state index is -4.31. The van der Waals surface area contributed by atoms with Crippen LogP contribution in [0.4, 0.5) is 11.4 Å². The van der Waals surface area contributed by atoms with Gasteiger partial charge in [-0.05, 0) is 57.4 Å². The molecule has 0 saturated carbocycles. The van der Waals surface area contributed by atoms with Gasteiger partial charge in [-0.1, -0.05) is 61.5 Å². The molecular formula is C30H36N4O6S. The Bertz CT molecular complexity index is 1460. The van der Waals surface area contributed by atoms with E-state index in [1.54, 1.807) is 25.1 Å². The third kappa shape index (κ3) is 8.37. The van der Waals surface area contributed by atoms with E-state index < -0.39 is 39.0 Å². The van der Waals surface area contributed by atoms with E-state index in [9.17, 15) is 28.1 Å². The van der Waals surface area contributed by atoms with E-state index >= 15 is 0 Å². The molecule has 0 bridgehead atoms. The van der Waals surface area contributed by atoms with E-state index in [1.807, 2.05) is 51.1 Å². The smallest absolute Gasteiger partial charge is 0.271 e. The molecule has 0 aliphatic heterocycles. The summed E-state index contributed by atoms with van der Waals surface area (Å²) in [4.78, 5) is 39.5. The monoisotopic (exact) mass is 580 g/mol. The zero-order chi connectivity index (χ0) is 30.2. The Balaban J connectivity index is 2.05. The Kier molecular flexibility index (Phi) is 10.2. The Labute approximate surface area is 241 Å². The van der Waals surface area contributed by atoms with Crippen molar-refractivity contribution < 1.29 is 22.9 Å². The number of carbonyl (C=O) groups is 2. The molecule has 2 amide bonds. The van der Waals surface area contributed by atoms with E-state index in [0.29, 0.717) is 12.8 Å². The highest BCUT2D eigenvalue weighted by Gasteiger charge is 2.34. The van der Waals surface area contributed by atoms with Crippen LogP contribution in [0.5, 0.6) is 0 Å². The molecule has 3 aromatic rings. The molecule has 1 N–H and O–H groups in total. The minimum Gasteiger partial charge on any atom is -0.350 e. The van der Waals surface area contributed by atoms with Crippen molar-refractivity contribution in [3.05, 3.63) is 101 Å². The average molecular weight is 581 g/mol. The molecule has 0 radical (unpaired) electrons. The lowest BCUT2D eigenvalue weighted by Crippen LogP contribution is -2.56. The molecular weight excluding hydrogens is 544 g/mol. The van der Waals surface area contributed by atoms with Crippen molar-refractivity contribution in [2.75, 3.05) is 17.4 Å². The van der Waals surface area contributed by atoms with E-state index in [0.717, 1.165) is 15.9 Å². The molecule has 41 heavy (non-hydrogen) atoms. The second-order valence-corrected chi connectivity index (χ2v) is 12.5. The first-order chi connectivity index (χ1) is 19.3. The lowest BCUT2D eigenvalue weighted by Gasteiger charge is -2.34. The number of nitro benzene ring substituents is 1. The summed E-state index contributed by atoms with van der Waals surface area (Å²) in [6.45, 7) is 6.80. The van der Waals surface area contributed by atoms with E-state index in [-0.39, 0.29) is 28.7 Å². The summed E-state index contributed by atoms with van der Waals surface area (Å²) in [5, 5.41) is 14.4. The number of anilines is 1. The fourth-order valence-electron chi connectivity index (χ4n) is 4.36. The molecule has 0 saturated heterocycles. The second-order valence-electron chi connectivity index (χ2n) is 10.6. The Morgan fingerprint density at radius 3 is 2.12 bits per heavy atom. The largest absolute Gasteiger partial charge is 0.350 e. The lowest BCUT2D eigenvalue weighted by atomic mass is 10.1. The van der Waals surface area contributed by atoms with Crippen molar-refractivity contribution >= 4 is 33.2 Å². The number of nitro groups is 1. The van der Waals surface area contributed by atoms with Gasteiger partial charge >= 0.3 is 0 Å². The van der Waals surface area contributed by atoms with Gasteiger partial charge in [-0.3, -0.25) is 24.0 Å². The molecule has 3 rings (SSSR count). The zero-order valence-electron chi connectivity index (χ0n) is 23.7. The zero-order valence-corrected chi connectivity index (χ0v) is 24.5. The molecule has 0 spiro atoms. The van der Waals surface area contributed by atoms with Crippen LogP contribution in [-0.4, -0.2) is 54.7 Å². The topological polar surface area (TPSA) is 130 Å². The minimum absolute atomic E-state index is 0.0356. The van der Waals surface area contributed by atoms with Crippen molar-refractivity contribution in [1.29, 1.82) is 0 Å². The number of hydrogen-bond acceptors (Lipinski definition) is 6. The second kappa shape index (κ2) is 13.4. The maximum atomic E-state index is 14.0. The van der Waals surface area contributed by atoms with Crippen LogP contribution in [0.2, 0.25) is 0 Å². The summed E-state index contributed by atoms with van der Waals surface area (Å²) < 4.78 is 28.5. The molecule has 11 heteroatoms. The van der Waals surface area contributed by atoms with Crippen molar-refractivity contribution in [3.63, 3.8) is 0 Å². The van der Waals surface area contributed by atoms with Gasteiger partial charge in [-0.15, -0.1) is 0 Å². The van der Waals surface area contributed by atoms with Crippen molar-refractivity contribution in [1.82, 2.24) is 10.2 Å². The number of carbonyl (C=O) groups excluding carboxylic acids is 2. The van der Waals surface area contributed by atoms with Gasteiger partial charge in [0.2, 0.25) is 11.8 Å². The van der Waals surface area contributed by atoms with Gasteiger partial charge < -0.3 is 10.2 Å². The first-order valence-electron chi connectivity index (χ1n) is 13.3. The number of rotatable bonds is 12. The number of benzene rings is 3. The summed E-state index contributed by atoms with van der Waals surface area (Å²) in [6.07, 6.45) is 0.735. The molecule has 10 nitrogen and oxygen atoms in total. The van der Waals surface area contributed by atoms with E-state index in [1.165, 1.54) is 35.2 Å². The van der Waals surface area contributed by atoms with E-state index in [4.69, 9.17) is 0 Å². The van der Waals surface area contributed by atoms with Crippen molar-refractivity contribution in [2.24, 2.45) is 0 Å². The van der Waals surface area contributed by atoms with Gasteiger partial charge in [0, 0.05) is 24.2 Å². The number of nitrogens with zero attached hydrogens (tertiary/aromatic N) is 3. The third-order valence-corrected chi connectivity index (χ3v) is 8.10. The van der Waals surface area contributed by atoms with Crippen molar-refractivity contribution in [2.45, 2.75) is 57.0 Å². The number of hydrogen-bond donors (Lipinski definition) is 1. The van der Waals surface area contributed by atoms with E-state index in [2.05, 4.69) is 5.32 Å². The predicted octanol–water partition coefficient (Wildman–Crippen LogP) is 4.55. The maximum Gasteiger partial charge on any atom is 0.271 e. The lowest BCUT2D eigenvalue weighted by molar-refractivity contribution is -0.384. The molecule has 0 aliphatic carbocycles. The number of amides is 2. The Hall–Kier alpha value is -4.25. The van der Waals surface area contributed by atoms with Crippen LogP contribution in [0.3, 0.4) is 0 Å². The third-order valence-electron chi connectivity index (χ3n) is 6.31. The van der Waals surface area contributed by atoms with Crippen molar-refractivity contribution in [3.8, 4) is 0 Å². The van der Waals surface area contributed by atoms with Gasteiger partial charge in [-0.2, -0.15) is 0 Å². The van der Waals surface area contributed by atoms with Crippen LogP contribution in [0, 0.1) is 10.1 Å². The summed E-state index contributed by atoms with van der Waals surface area (Å²) >= 11 is 0. The molecule has 0 aromatic heterocycles. The van der Waals surface area contributed by atoms with Gasteiger partial charge in [0.05, 0.1) is 15.5 Å². The van der Waals surface area contributed by atoms with Crippen LogP contribution in [0.15, 0.2) is 89.8 Å². The maximum absolute atomic E-state index is 14.0. The summed E-state index contributed by atoms with van der Waals surface area (Å²) in [7, 11) is -4.31.